The quantitative estimate of drug-likeness (QED) is 0.0421. The van der Waals surface area contributed by atoms with Gasteiger partial charge in [0.1, 0.15) is 26.1 Å². The summed E-state index contributed by atoms with van der Waals surface area (Å²) in [7, 11) is -24.2. The summed E-state index contributed by atoms with van der Waals surface area (Å²) in [6.45, 7) is 2.99. The minimum atomic E-state index is -5.41. The van der Waals surface area contributed by atoms with Crippen molar-refractivity contribution < 1.29 is 70.1 Å². The van der Waals surface area contributed by atoms with E-state index in [0.29, 0.717) is 12.1 Å². The fourth-order valence-corrected chi connectivity index (χ4v) is 8.58. The third-order valence-electron chi connectivity index (χ3n) is 7.59. The third-order valence-corrected chi connectivity index (χ3v) is 12.6. The Kier molecular flexibility index (Phi) is 12.4. The molecule has 0 atom stereocenters. The Labute approximate surface area is 333 Å². The summed E-state index contributed by atoms with van der Waals surface area (Å²) in [5.74, 6) is -2.15. The molecule has 0 bridgehead atoms. The van der Waals surface area contributed by atoms with Gasteiger partial charge in [-0.15, -0.1) is 10.2 Å². The van der Waals surface area contributed by atoms with Gasteiger partial charge in [-0.05, 0) is 47.3 Å². The number of anilines is 3. The second kappa shape index (κ2) is 16.3. The molecule has 0 radical (unpaired) electrons. The molecule has 310 valence electrons. The Morgan fingerprint density at radius 2 is 1.43 bits per heavy atom. The lowest BCUT2D eigenvalue weighted by Gasteiger charge is -2.15. The highest BCUT2D eigenvalue weighted by atomic mass is 35.5. The van der Waals surface area contributed by atoms with Crippen molar-refractivity contribution in [2.75, 3.05) is 36.1 Å². The predicted molar refractivity (Wildman–Crippen MR) is 204 cm³/mol. The van der Waals surface area contributed by atoms with E-state index in [2.05, 4.69) is 42.4 Å². The predicted octanol–water partition coefficient (Wildman–Crippen LogP) is 3.67. The van der Waals surface area contributed by atoms with E-state index in [-0.39, 0.29) is 31.5 Å². The molecule has 0 saturated heterocycles. The molecule has 4 aromatic carbocycles. The van der Waals surface area contributed by atoms with Crippen LogP contribution in [0.3, 0.4) is 0 Å². The summed E-state index contributed by atoms with van der Waals surface area (Å²) >= 11 is 6.05. The molecule has 0 amide bonds. The van der Waals surface area contributed by atoms with Crippen LogP contribution in [0.15, 0.2) is 90.3 Å². The van der Waals surface area contributed by atoms with Crippen molar-refractivity contribution in [3.05, 3.63) is 65.8 Å². The Morgan fingerprint density at radius 3 is 2.05 bits per heavy atom. The van der Waals surface area contributed by atoms with Gasteiger partial charge in [0.25, 0.3) is 40.5 Å². The Hall–Kier alpha value is -5.01. The molecule has 0 fully saturated rings. The van der Waals surface area contributed by atoms with Crippen LogP contribution >= 0.6 is 11.6 Å². The van der Waals surface area contributed by atoms with Gasteiger partial charge in [0.2, 0.25) is 17.2 Å². The Balaban J connectivity index is 1.64. The fourth-order valence-electron chi connectivity index (χ4n) is 5.17. The van der Waals surface area contributed by atoms with E-state index in [1.54, 1.807) is 0 Å². The molecule has 5 aromatic rings. The lowest BCUT2D eigenvalue weighted by Crippen LogP contribution is -2.16. The number of aromatic nitrogens is 3. The molecular formula is C29H26ClN7O16S5. The lowest BCUT2D eigenvalue weighted by molar-refractivity contribution is 0.159. The topological polar surface area (TPSA) is 369 Å². The first-order valence-electron chi connectivity index (χ1n) is 15.4. The van der Waals surface area contributed by atoms with E-state index in [0.717, 1.165) is 41.8 Å². The number of benzene rings is 4. The molecule has 0 spiro atoms. The number of nitrogens with one attached hydrogen (secondary N) is 2. The van der Waals surface area contributed by atoms with E-state index >= 15 is 0 Å². The van der Waals surface area contributed by atoms with E-state index in [9.17, 15) is 65.4 Å². The fraction of sp³-hybridized carbons (Fsp3) is 0.138. The zero-order chi connectivity index (χ0) is 43.0. The van der Waals surface area contributed by atoms with Crippen molar-refractivity contribution in [3.63, 3.8) is 0 Å². The van der Waals surface area contributed by atoms with Gasteiger partial charge < -0.3 is 20.5 Å². The molecule has 1 aromatic heterocycles. The van der Waals surface area contributed by atoms with Crippen molar-refractivity contribution in [2.24, 2.45) is 10.2 Å². The second-order valence-corrected chi connectivity index (χ2v) is 19.4. The maximum atomic E-state index is 12.6. The molecule has 7 N–H and O–H groups in total. The van der Waals surface area contributed by atoms with Crippen LogP contribution in [0.25, 0.3) is 21.5 Å². The van der Waals surface area contributed by atoms with Crippen LogP contribution in [0.4, 0.5) is 29.0 Å². The number of phenols is 1. The van der Waals surface area contributed by atoms with Crippen molar-refractivity contribution in [1.82, 2.24) is 15.0 Å². The Bertz CT molecular complexity index is 3110. The van der Waals surface area contributed by atoms with Crippen LogP contribution in [0.1, 0.15) is 0 Å². The second-order valence-electron chi connectivity index (χ2n) is 11.5. The van der Waals surface area contributed by atoms with Gasteiger partial charge in [-0.1, -0.05) is 24.8 Å². The first kappa shape index (κ1) is 44.1. The average molecular weight is 924 g/mol. The number of sulfone groups is 1. The van der Waals surface area contributed by atoms with Gasteiger partial charge in [-0.2, -0.15) is 48.6 Å². The first-order chi connectivity index (χ1) is 26.8. The lowest BCUT2D eigenvalue weighted by atomic mass is 10.1. The van der Waals surface area contributed by atoms with Gasteiger partial charge in [-0.25, -0.2) is 8.42 Å². The van der Waals surface area contributed by atoms with Crippen molar-refractivity contribution >= 4 is 112 Å². The van der Waals surface area contributed by atoms with Crippen LogP contribution < -0.4 is 10.6 Å². The molecule has 23 nitrogen and oxygen atoms in total. The average Bonchev–Trinajstić information content (AvgIpc) is 3.09. The summed E-state index contributed by atoms with van der Waals surface area (Å²) in [6.07, 6.45) is 0. The molecule has 0 aliphatic rings. The molecule has 1 heterocycles. The van der Waals surface area contributed by atoms with E-state index in [4.69, 9.17) is 16.3 Å². The molecule has 5 rings (SSSR count). The van der Waals surface area contributed by atoms with Crippen LogP contribution in [0.5, 0.6) is 5.75 Å². The van der Waals surface area contributed by atoms with E-state index in [1.165, 1.54) is 0 Å². The minimum absolute atomic E-state index is 0.000849. The highest BCUT2D eigenvalue weighted by Crippen LogP contribution is 2.46. The van der Waals surface area contributed by atoms with Crippen LogP contribution in [-0.4, -0.2) is 106 Å². The number of rotatable bonds is 16. The number of phenolic OH excluding ortho intramolecular Hbond substituents is 1. The number of ether oxygens (including phenoxy) is 1. The molecule has 58 heavy (non-hydrogen) atoms. The van der Waals surface area contributed by atoms with Crippen LogP contribution in [0.2, 0.25) is 5.28 Å². The summed E-state index contributed by atoms with van der Waals surface area (Å²) in [5.41, 5.74) is -2.35. The maximum absolute atomic E-state index is 12.6. The van der Waals surface area contributed by atoms with Crippen molar-refractivity contribution in [3.8, 4) is 5.75 Å². The monoisotopic (exact) mass is 923 g/mol. The van der Waals surface area contributed by atoms with Gasteiger partial charge in [-0.3, -0.25) is 18.2 Å². The number of halogens is 1. The normalized spacial score (nSPS) is 13.0. The molecule has 29 heteroatoms. The SMILES string of the molecule is C=CS(=O)(=O)CCOCCNc1nc(Cl)nc(Nc2cc(S(=O)(=O)O)cc3cc(S(=O)(=O)O)c(N=Nc4ccc5c(S(=O)(=O)O)cccc5c4S(=O)(=O)O)c(O)c23)n1. The van der Waals surface area contributed by atoms with E-state index in [1.807, 2.05) is 0 Å². The summed E-state index contributed by atoms with van der Waals surface area (Å²) in [5, 5.41) is 22.6. The van der Waals surface area contributed by atoms with Crippen molar-refractivity contribution in [1.29, 1.82) is 0 Å². The third kappa shape index (κ3) is 10.2. The molecule has 0 aliphatic heterocycles. The van der Waals surface area contributed by atoms with Gasteiger partial charge in [0.05, 0.1) is 29.5 Å². The Morgan fingerprint density at radius 1 is 0.759 bits per heavy atom. The highest BCUT2D eigenvalue weighted by Gasteiger charge is 2.28. The zero-order valence-corrected chi connectivity index (χ0v) is 33.5. The van der Waals surface area contributed by atoms with Crippen LogP contribution in [0, 0.1) is 0 Å². The standard InChI is InChI=1S/C29H26ClN7O16S5/c1-2-54(39,40)11-10-53-9-8-31-28-33-27(30)34-29(35-28)32-20-14-16(55(41,42)43)12-15-13-22(57(47,48)49)24(25(38)23(15)20)37-36-19-7-6-17-18(26(19)58(50,51)52)4-3-5-21(17)56(44,45)46/h2-7,12-14,38H,1,8-11H2,(H,41,42,43)(H,44,45,46)(H,47,48,49)(H,50,51,52)(H2,31,32,33,34,35). The number of aromatic hydroxyl groups is 1. The smallest absolute Gasteiger partial charge is 0.297 e. The summed E-state index contributed by atoms with van der Waals surface area (Å²) in [4.78, 5) is 7.85. The molecule has 0 aliphatic carbocycles. The number of hydrogen-bond donors (Lipinski definition) is 7. The number of azo groups is 1. The minimum Gasteiger partial charge on any atom is -0.505 e. The van der Waals surface area contributed by atoms with Crippen LogP contribution in [-0.2, 0) is 55.0 Å². The van der Waals surface area contributed by atoms with Crippen molar-refractivity contribution in [2.45, 2.75) is 19.6 Å². The first-order valence-corrected chi connectivity index (χ1v) is 23.2. The molecular weight excluding hydrogens is 898 g/mol. The van der Waals surface area contributed by atoms with Gasteiger partial charge in [0, 0.05) is 28.1 Å². The summed E-state index contributed by atoms with van der Waals surface area (Å²) in [6, 6.07) is 6.83. The zero-order valence-electron chi connectivity index (χ0n) is 28.6. The number of hydrogen-bond acceptors (Lipinski definition) is 19. The molecule has 0 saturated carbocycles. The summed E-state index contributed by atoms with van der Waals surface area (Å²) < 4.78 is 167. The van der Waals surface area contributed by atoms with E-state index < -0.39 is 125 Å². The van der Waals surface area contributed by atoms with Gasteiger partial charge in [0.15, 0.2) is 15.6 Å². The number of nitrogens with zero attached hydrogens (tertiary/aromatic N) is 5. The molecule has 0 unspecified atom stereocenters. The highest BCUT2D eigenvalue weighted by molar-refractivity contribution is 7.94. The maximum Gasteiger partial charge on any atom is 0.297 e. The largest absolute Gasteiger partial charge is 0.505 e. The number of fused-ring (bicyclic) bond motifs is 2. The van der Waals surface area contributed by atoms with Gasteiger partial charge >= 0.3 is 0 Å².